The molecule has 6 atom stereocenters. The number of morpholine rings is 1. The monoisotopic (exact) mass is 601 g/mol. The Balaban J connectivity index is 1.57. The molecule has 10 heteroatoms. The van der Waals surface area contributed by atoms with Crippen molar-refractivity contribution < 1.29 is 33.3 Å². The van der Waals surface area contributed by atoms with Gasteiger partial charge in [-0.05, 0) is 75.1 Å². The third-order valence-corrected chi connectivity index (χ3v) is 8.70. The number of hydrogen-bond acceptors (Lipinski definition) is 8. The van der Waals surface area contributed by atoms with Crippen LogP contribution in [0, 0.1) is 17.7 Å². The minimum absolute atomic E-state index is 0.0617. The van der Waals surface area contributed by atoms with E-state index in [1.165, 1.54) is 12.1 Å². The Morgan fingerprint density at radius 2 is 1.81 bits per heavy atom. The lowest BCUT2D eigenvalue weighted by molar-refractivity contribution is -0.151. The Morgan fingerprint density at radius 3 is 2.53 bits per heavy atom. The first kappa shape index (κ1) is 33.0. The molecule has 43 heavy (non-hydrogen) atoms. The van der Waals surface area contributed by atoms with E-state index in [2.05, 4.69) is 9.80 Å². The number of piperazine rings is 1. The first-order valence-electron chi connectivity index (χ1n) is 15.5. The summed E-state index contributed by atoms with van der Waals surface area (Å²) in [5.41, 5.74) is 2.18. The highest BCUT2D eigenvalue weighted by Crippen LogP contribution is 2.28. The quantitative estimate of drug-likeness (QED) is 0.399. The molecule has 4 rings (SSSR count). The summed E-state index contributed by atoms with van der Waals surface area (Å²) in [5, 5.41) is 10.6. The van der Waals surface area contributed by atoms with E-state index in [1.807, 2.05) is 59.0 Å². The van der Waals surface area contributed by atoms with Crippen LogP contribution in [-0.2, 0) is 19.0 Å². The maximum atomic E-state index is 14.8. The normalized spacial score (nSPS) is 31.0. The molecule has 0 radical (unpaired) electrons. The van der Waals surface area contributed by atoms with Crippen LogP contribution in [0.25, 0.3) is 6.08 Å². The van der Waals surface area contributed by atoms with Crippen molar-refractivity contribution in [1.82, 2.24) is 9.80 Å². The van der Waals surface area contributed by atoms with Gasteiger partial charge in [-0.3, -0.25) is 4.79 Å². The molecule has 0 aromatic heterocycles. The van der Waals surface area contributed by atoms with Gasteiger partial charge in [0, 0.05) is 50.4 Å². The molecule has 0 spiro atoms. The second-order valence-electron chi connectivity index (χ2n) is 12.5. The number of aliphatic hydroxyl groups is 1. The zero-order valence-electron chi connectivity index (χ0n) is 26.2. The number of carbonyl (C=O) groups is 2. The summed E-state index contributed by atoms with van der Waals surface area (Å²) in [6.45, 7) is 12.5. The molecule has 3 aliphatic heterocycles. The van der Waals surface area contributed by atoms with Crippen LogP contribution in [-0.4, -0.2) is 104 Å². The van der Waals surface area contributed by atoms with Crippen LogP contribution in [0.15, 0.2) is 35.9 Å². The van der Waals surface area contributed by atoms with Crippen molar-refractivity contribution >= 4 is 23.8 Å². The predicted octanol–water partition coefficient (Wildman–Crippen LogP) is 4.49. The molecule has 1 amide bonds. The summed E-state index contributed by atoms with van der Waals surface area (Å²) in [6.07, 6.45) is 4.13. The Hall–Kier alpha value is -2.95. The number of aliphatic hydroxyl groups excluding tert-OH is 1. The molecule has 2 saturated heterocycles. The standard InChI is InChI=1S/C33H48FN3O6/c1-22-6-8-29(38)20-31(39)43-32(23(2)7-9-30(22)42-33(40)36-12-10-35(5)11-13-36)24(3)16-26-17-27(34)19-28(18-26)37-14-15-41-21-25(37)4/h7,9,16-19,22-23,25,29-30,32,38H,6,8,10-15,20-21H2,1-5H3/b9-7-,24-16+/t22-,23-,25+,29+,30-,32-/m0/s1. The molecule has 9 nitrogen and oxygen atoms in total. The van der Waals surface area contributed by atoms with Crippen molar-refractivity contribution in [3.05, 3.63) is 47.3 Å². The molecule has 0 saturated carbocycles. The van der Waals surface area contributed by atoms with Gasteiger partial charge in [0.1, 0.15) is 18.0 Å². The lowest BCUT2D eigenvalue weighted by Crippen LogP contribution is -2.48. The molecular weight excluding hydrogens is 553 g/mol. The molecule has 3 heterocycles. The van der Waals surface area contributed by atoms with Gasteiger partial charge >= 0.3 is 12.1 Å². The van der Waals surface area contributed by atoms with E-state index in [0.29, 0.717) is 51.3 Å². The summed E-state index contributed by atoms with van der Waals surface area (Å²) < 4.78 is 32.2. The van der Waals surface area contributed by atoms with Crippen molar-refractivity contribution in [3.63, 3.8) is 0 Å². The third kappa shape index (κ3) is 9.27. The van der Waals surface area contributed by atoms with Crippen LogP contribution < -0.4 is 4.90 Å². The van der Waals surface area contributed by atoms with E-state index in [9.17, 15) is 19.1 Å². The van der Waals surface area contributed by atoms with Gasteiger partial charge in [0.15, 0.2) is 0 Å². The lowest BCUT2D eigenvalue weighted by atomic mass is 9.91. The zero-order valence-corrected chi connectivity index (χ0v) is 26.2. The van der Waals surface area contributed by atoms with Gasteiger partial charge in [-0.25, -0.2) is 9.18 Å². The first-order valence-corrected chi connectivity index (χ1v) is 15.5. The second kappa shape index (κ2) is 15.2. The first-order chi connectivity index (χ1) is 20.5. The molecule has 1 aromatic rings. The Labute approximate surface area is 255 Å². The highest BCUT2D eigenvalue weighted by atomic mass is 19.1. The maximum absolute atomic E-state index is 14.8. The van der Waals surface area contributed by atoms with Gasteiger partial charge in [-0.2, -0.15) is 0 Å². The highest BCUT2D eigenvalue weighted by Gasteiger charge is 2.29. The molecule has 1 N–H and O–H groups in total. The van der Waals surface area contributed by atoms with Gasteiger partial charge < -0.3 is 34.0 Å². The van der Waals surface area contributed by atoms with Crippen molar-refractivity contribution in [2.24, 2.45) is 11.8 Å². The van der Waals surface area contributed by atoms with Gasteiger partial charge in [0.25, 0.3) is 0 Å². The number of esters is 1. The minimum atomic E-state index is -0.867. The largest absolute Gasteiger partial charge is 0.457 e. The molecule has 3 aliphatic rings. The number of anilines is 1. The number of rotatable bonds is 4. The summed E-state index contributed by atoms with van der Waals surface area (Å²) in [7, 11) is 2.03. The Morgan fingerprint density at radius 1 is 1.07 bits per heavy atom. The number of benzene rings is 1. The SMILES string of the molecule is C/C(=C\c1cc(F)cc(N2CCOC[C@H]2C)c1)[C@H]1OC(=O)C[C@H](O)CC[C@H](C)[C@@H](OC(=O)N2CCN(C)CC2)/C=C\[C@@H]1C. The number of nitrogens with zero attached hydrogens (tertiary/aromatic N) is 3. The van der Waals surface area contributed by atoms with E-state index < -0.39 is 24.3 Å². The molecule has 0 unspecified atom stereocenters. The highest BCUT2D eigenvalue weighted by molar-refractivity contribution is 5.71. The Bertz CT molecular complexity index is 1170. The van der Waals surface area contributed by atoms with E-state index in [0.717, 1.165) is 24.4 Å². The maximum Gasteiger partial charge on any atom is 0.410 e. The molecule has 238 valence electrons. The number of cyclic esters (lactones) is 1. The summed E-state index contributed by atoms with van der Waals surface area (Å²) in [5.74, 6) is -1.17. The molecule has 0 bridgehead atoms. The molecule has 1 aromatic carbocycles. The van der Waals surface area contributed by atoms with Crippen LogP contribution in [0.1, 0.15) is 52.5 Å². The fourth-order valence-electron chi connectivity index (χ4n) is 5.93. The number of halogens is 1. The van der Waals surface area contributed by atoms with Crippen LogP contribution in [0.4, 0.5) is 14.9 Å². The Kier molecular flexibility index (Phi) is 11.6. The number of carbonyl (C=O) groups excluding carboxylic acids is 2. The van der Waals surface area contributed by atoms with Gasteiger partial charge in [0.05, 0.1) is 25.7 Å². The average Bonchev–Trinajstić information content (AvgIpc) is 2.96. The van der Waals surface area contributed by atoms with E-state index in [-0.39, 0.29) is 36.2 Å². The minimum Gasteiger partial charge on any atom is -0.457 e. The van der Waals surface area contributed by atoms with Gasteiger partial charge in [-0.1, -0.05) is 26.0 Å². The van der Waals surface area contributed by atoms with E-state index >= 15 is 0 Å². The number of hydrogen-bond donors (Lipinski definition) is 1. The van der Waals surface area contributed by atoms with Gasteiger partial charge in [-0.15, -0.1) is 0 Å². The number of likely N-dealkylation sites (N-methyl/N-ethyl adjacent to an activating group) is 1. The van der Waals surface area contributed by atoms with Gasteiger partial charge in [0.2, 0.25) is 0 Å². The third-order valence-electron chi connectivity index (χ3n) is 8.70. The smallest absolute Gasteiger partial charge is 0.410 e. The summed E-state index contributed by atoms with van der Waals surface area (Å²) >= 11 is 0. The van der Waals surface area contributed by atoms with Crippen molar-refractivity contribution in [1.29, 1.82) is 0 Å². The molecule has 0 aliphatic carbocycles. The molecule has 2 fully saturated rings. The average molecular weight is 602 g/mol. The topological polar surface area (TPSA) is 91.8 Å². The number of ether oxygens (including phenoxy) is 3. The second-order valence-corrected chi connectivity index (χ2v) is 12.5. The lowest BCUT2D eigenvalue weighted by Gasteiger charge is -2.35. The van der Waals surface area contributed by atoms with Crippen LogP contribution >= 0.6 is 0 Å². The van der Waals surface area contributed by atoms with Crippen molar-refractivity contribution in [2.75, 3.05) is 57.9 Å². The zero-order chi connectivity index (χ0) is 31.1. The molecular formula is C33H48FN3O6. The van der Waals surface area contributed by atoms with Crippen molar-refractivity contribution in [2.45, 2.75) is 71.3 Å². The predicted molar refractivity (Wildman–Crippen MR) is 164 cm³/mol. The summed E-state index contributed by atoms with van der Waals surface area (Å²) in [4.78, 5) is 31.9. The van der Waals surface area contributed by atoms with Crippen LogP contribution in [0.5, 0.6) is 0 Å². The fraction of sp³-hybridized carbons (Fsp3) is 0.636. The van der Waals surface area contributed by atoms with Crippen LogP contribution in [0.2, 0.25) is 0 Å². The van der Waals surface area contributed by atoms with Crippen molar-refractivity contribution in [3.8, 4) is 0 Å². The van der Waals surface area contributed by atoms with Crippen LogP contribution in [0.3, 0.4) is 0 Å². The van der Waals surface area contributed by atoms with E-state index in [4.69, 9.17) is 14.2 Å². The number of amides is 1. The van der Waals surface area contributed by atoms with E-state index in [1.54, 1.807) is 4.90 Å². The fourth-order valence-corrected chi connectivity index (χ4v) is 5.93. The summed E-state index contributed by atoms with van der Waals surface area (Å²) in [6, 6.07) is 5.06.